The molecule has 1 aromatic heterocycles. The van der Waals surface area contributed by atoms with Gasteiger partial charge in [-0.15, -0.1) is 24.0 Å². The van der Waals surface area contributed by atoms with E-state index in [9.17, 15) is 8.78 Å². The third-order valence-electron chi connectivity index (χ3n) is 4.36. The van der Waals surface area contributed by atoms with Gasteiger partial charge < -0.3 is 15.2 Å². The van der Waals surface area contributed by atoms with E-state index in [-0.39, 0.29) is 36.0 Å². The van der Waals surface area contributed by atoms with E-state index in [1.165, 1.54) is 18.2 Å². The van der Waals surface area contributed by atoms with Crippen LogP contribution in [-0.4, -0.2) is 24.7 Å². The number of hydrogen-bond donors (Lipinski definition) is 2. The summed E-state index contributed by atoms with van der Waals surface area (Å²) in [4.78, 5) is 4.10. The molecule has 150 valence electrons. The zero-order chi connectivity index (χ0) is 18.9. The minimum atomic E-state index is -0.537. The maximum Gasteiger partial charge on any atom is 0.191 e. The van der Waals surface area contributed by atoms with E-state index >= 15 is 0 Å². The summed E-state index contributed by atoms with van der Waals surface area (Å²) in [6.45, 7) is 5.05. The molecule has 0 atom stereocenters. The summed E-state index contributed by atoms with van der Waals surface area (Å²) in [6.07, 6.45) is 2.26. The number of rotatable bonds is 8. The standard InChI is InChI=1S/C19H26F2N4O.HI/c1-4-13(5-2)18-11-14(26-25-18)12-24-19(22-3)23-10-9-15-16(20)7-6-8-17(15)21;/h6-8,11,13H,4-5,9-10,12H2,1-3H3,(H2,22,23,24);1H. The molecule has 0 amide bonds. The van der Waals surface area contributed by atoms with Gasteiger partial charge in [-0.2, -0.15) is 0 Å². The molecule has 0 spiro atoms. The van der Waals surface area contributed by atoms with Crippen LogP contribution in [0.2, 0.25) is 0 Å². The third kappa shape index (κ3) is 6.75. The van der Waals surface area contributed by atoms with Crippen molar-refractivity contribution in [2.45, 2.75) is 45.6 Å². The van der Waals surface area contributed by atoms with Gasteiger partial charge in [0, 0.05) is 31.1 Å². The first-order chi connectivity index (χ1) is 12.6. The van der Waals surface area contributed by atoms with E-state index in [0.717, 1.165) is 24.3 Å². The highest BCUT2D eigenvalue weighted by atomic mass is 127. The highest BCUT2D eigenvalue weighted by Gasteiger charge is 2.13. The van der Waals surface area contributed by atoms with Gasteiger partial charge in [0.1, 0.15) is 11.6 Å². The summed E-state index contributed by atoms with van der Waals surface area (Å²) < 4.78 is 32.6. The average molecular weight is 492 g/mol. The normalized spacial score (nSPS) is 11.4. The lowest BCUT2D eigenvalue weighted by atomic mass is 9.99. The number of benzene rings is 1. The molecule has 0 saturated carbocycles. The number of nitrogens with one attached hydrogen (secondary N) is 2. The Kier molecular flexibility index (Phi) is 10.3. The number of nitrogens with zero attached hydrogens (tertiary/aromatic N) is 2. The van der Waals surface area contributed by atoms with Gasteiger partial charge >= 0.3 is 0 Å². The van der Waals surface area contributed by atoms with Gasteiger partial charge in [-0.25, -0.2) is 8.78 Å². The molecule has 0 saturated heterocycles. The lowest BCUT2D eigenvalue weighted by Crippen LogP contribution is -2.37. The fourth-order valence-electron chi connectivity index (χ4n) is 2.78. The van der Waals surface area contributed by atoms with Crippen LogP contribution in [0.25, 0.3) is 0 Å². The molecule has 5 nitrogen and oxygen atoms in total. The molecule has 0 aliphatic carbocycles. The van der Waals surface area contributed by atoms with Crippen molar-refractivity contribution in [3.63, 3.8) is 0 Å². The van der Waals surface area contributed by atoms with Crippen molar-refractivity contribution in [1.29, 1.82) is 0 Å². The second-order valence-electron chi connectivity index (χ2n) is 6.03. The lowest BCUT2D eigenvalue weighted by molar-refractivity contribution is 0.368. The molecule has 0 radical (unpaired) electrons. The molecule has 8 heteroatoms. The molecular formula is C19H27F2IN4O. The van der Waals surface area contributed by atoms with Crippen LogP contribution in [0.4, 0.5) is 8.78 Å². The van der Waals surface area contributed by atoms with Gasteiger partial charge in [-0.05, 0) is 31.4 Å². The van der Waals surface area contributed by atoms with Crippen molar-refractivity contribution >= 4 is 29.9 Å². The second kappa shape index (κ2) is 11.9. The second-order valence-corrected chi connectivity index (χ2v) is 6.03. The molecule has 1 heterocycles. The summed E-state index contributed by atoms with van der Waals surface area (Å²) in [5.74, 6) is 0.577. The molecule has 2 rings (SSSR count). The number of aromatic nitrogens is 1. The van der Waals surface area contributed by atoms with Gasteiger partial charge in [0.05, 0.1) is 12.2 Å². The maximum atomic E-state index is 13.6. The molecule has 0 aliphatic heterocycles. The fraction of sp³-hybridized carbons (Fsp3) is 0.474. The molecule has 0 bridgehead atoms. The predicted molar refractivity (Wildman–Crippen MR) is 114 cm³/mol. The average Bonchev–Trinajstić information content (AvgIpc) is 3.10. The van der Waals surface area contributed by atoms with Crippen molar-refractivity contribution in [2.24, 2.45) is 4.99 Å². The number of halogens is 3. The zero-order valence-corrected chi connectivity index (χ0v) is 18.2. The zero-order valence-electron chi connectivity index (χ0n) is 15.9. The predicted octanol–water partition coefficient (Wildman–Crippen LogP) is 4.38. The first kappa shape index (κ1) is 23.3. The lowest BCUT2D eigenvalue weighted by Gasteiger charge is -2.11. The van der Waals surface area contributed by atoms with Crippen LogP contribution in [0.15, 0.2) is 33.8 Å². The number of guanidine groups is 1. The third-order valence-corrected chi connectivity index (χ3v) is 4.36. The van der Waals surface area contributed by atoms with Gasteiger partial charge in [0.2, 0.25) is 0 Å². The summed E-state index contributed by atoms with van der Waals surface area (Å²) >= 11 is 0. The van der Waals surface area contributed by atoms with Crippen LogP contribution in [0.1, 0.15) is 49.6 Å². The van der Waals surface area contributed by atoms with E-state index in [1.807, 2.05) is 6.07 Å². The summed E-state index contributed by atoms with van der Waals surface area (Å²) in [6, 6.07) is 5.82. The quantitative estimate of drug-likeness (QED) is 0.326. The van der Waals surface area contributed by atoms with E-state index in [1.54, 1.807) is 7.05 Å². The highest BCUT2D eigenvalue weighted by Crippen LogP contribution is 2.22. The van der Waals surface area contributed by atoms with Gasteiger partial charge in [-0.1, -0.05) is 25.1 Å². The largest absolute Gasteiger partial charge is 0.359 e. The van der Waals surface area contributed by atoms with Crippen molar-refractivity contribution in [2.75, 3.05) is 13.6 Å². The van der Waals surface area contributed by atoms with E-state index in [4.69, 9.17) is 4.52 Å². The van der Waals surface area contributed by atoms with Crippen LogP contribution in [-0.2, 0) is 13.0 Å². The number of hydrogen-bond acceptors (Lipinski definition) is 3. The molecule has 0 aliphatic rings. The monoisotopic (exact) mass is 492 g/mol. The fourth-order valence-corrected chi connectivity index (χ4v) is 2.78. The SMILES string of the molecule is CCC(CC)c1cc(CNC(=NC)NCCc2c(F)cccc2F)on1.I. The van der Waals surface area contributed by atoms with Crippen molar-refractivity contribution in [1.82, 2.24) is 15.8 Å². The summed E-state index contributed by atoms with van der Waals surface area (Å²) in [7, 11) is 1.63. The van der Waals surface area contributed by atoms with Crippen LogP contribution < -0.4 is 10.6 Å². The van der Waals surface area contributed by atoms with Crippen LogP contribution in [0.5, 0.6) is 0 Å². The molecule has 2 aromatic rings. The van der Waals surface area contributed by atoms with Crippen LogP contribution in [0, 0.1) is 11.6 Å². The van der Waals surface area contributed by atoms with Crippen LogP contribution in [0.3, 0.4) is 0 Å². The summed E-state index contributed by atoms with van der Waals surface area (Å²) in [5, 5.41) is 10.3. The Morgan fingerprint density at radius 3 is 2.44 bits per heavy atom. The summed E-state index contributed by atoms with van der Waals surface area (Å²) in [5.41, 5.74) is 1.03. The molecule has 27 heavy (non-hydrogen) atoms. The number of aliphatic imine (C=N–C) groups is 1. The topological polar surface area (TPSA) is 62.5 Å². The highest BCUT2D eigenvalue weighted by molar-refractivity contribution is 14.0. The Bertz CT molecular complexity index is 712. The molecule has 0 unspecified atom stereocenters. The van der Waals surface area contributed by atoms with Gasteiger partial charge in [-0.3, -0.25) is 4.99 Å². The van der Waals surface area contributed by atoms with Crippen molar-refractivity contribution in [3.8, 4) is 0 Å². The smallest absolute Gasteiger partial charge is 0.191 e. The van der Waals surface area contributed by atoms with E-state index in [2.05, 4.69) is 34.6 Å². The Morgan fingerprint density at radius 2 is 1.85 bits per heavy atom. The Morgan fingerprint density at radius 1 is 1.19 bits per heavy atom. The van der Waals surface area contributed by atoms with E-state index < -0.39 is 11.6 Å². The molecule has 1 aromatic carbocycles. The maximum absolute atomic E-state index is 13.6. The van der Waals surface area contributed by atoms with Crippen molar-refractivity contribution in [3.05, 3.63) is 52.9 Å². The van der Waals surface area contributed by atoms with Crippen LogP contribution >= 0.6 is 24.0 Å². The first-order valence-corrected chi connectivity index (χ1v) is 8.91. The van der Waals surface area contributed by atoms with Gasteiger partial charge in [0.15, 0.2) is 11.7 Å². The molecular weight excluding hydrogens is 465 g/mol. The molecule has 2 N–H and O–H groups in total. The minimum Gasteiger partial charge on any atom is -0.359 e. The Hall–Kier alpha value is -1.71. The minimum absolute atomic E-state index is 0. The van der Waals surface area contributed by atoms with Crippen molar-refractivity contribution < 1.29 is 13.3 Å². The Labute approximate surface area is 176 Å². The first-order valence-electron chi connectivity index (χ1n) is 8.91. The molecule has 0 fully saturated rings. The van der Waals surface area contributed by atoms with E-state index in [0.29, 0.717) is 25.0 Å². The Balaban J connectivity index is 0.00000364. The van der Waals surface area contributed by atoms with Gasteiger partial charge in [0.25, 0.3) is 0 Å².